The standard InChI is InChI=1S/C24H27BrN4O/c1-29(2)22-15-23(28-21-6-4-3-5-20(21)22)26-18-11-13-19(14-12-18)27-24(30)16-7-9-17(25)10-8-16/h3-10,15,18-19H,11-14H2,1-2H3,(H,26,28)(H,27,30)/t18-,19+. The van der Waals surface area contributed by atoms with Gasteiger partial charge in [0.05, 0.1) is 5.52 Å². The van der Waals surface area contributed by atoms with Gasteiger partial charge < -0.3 is 15.5 Å². The summed E-state index contributed by atoms with van der Waals surface area (Å²) < 4.78 is 0.977. The zero-order valence-electron chi connectivity index (χ0n) is 17.4. The summed E-state index contributed by atoms with van der Waals surface area (Å²) in [4.78, 5) is 19.4. The summed E-state index contributed by atoms with van der Waals surface area (Å²) in [6.07, 6.45) is 3.95. The van der Waals surface area contributed by atoms with E-state index in [0.717, 1.165) is 46.9 Å². The lowest BCUT2D eigenvalue weighted by molar-refractivity contribution is 0.0926. The molecule has 5 nitrogen and oxygen atoms in total. The molecule has 2 N–H and O–H groups in total. The van der Waals surface area contributed by atoms with Gasteiger partial charge in [-0.15, -0.1) is 0 Å². The third-order valence-electron chi connectivity index (χ3n) is 5.70. The molecule has 1 aromatic heterocycles. The number of para-hydroxylation sites is 1. The number of nitrogens with one attached hydrogen (secondary N) is 2. The van der Waals surface area contributed by atoms with Crippen LogP contribution in [0.4, 0.5) is 11.5 Å². The fourth-order valence-corrected chi connectivity index (χ4v) is 4.33. The maximum Gasteiger partial charge on any atom is 0.251 e. The molecular formula is C24H27BrN4O. The lowest BCUT2D eigenvalue weighted by Crippen LogP contribution is -2.40. The lowest BCUT2D eigenvalue weighted by atomic mass is 9.91. The van der Waals surface area contributed by atoms with Crippen LogP contribution in [0.2, 0.25) is 0 Å². The molecule has 0 saturated heterocycles. The molecule has 1 amide bonds. The largest absolute Gasteiger partial charge is 0.377 e. The van der Waals surface area contributed by atoms with Crippen LogP contribution in [0.15, 0.2) is 59.1 Å². The van der Waals surface area contributed by atoms with Crippen LogP contribution in [0.3, 0.4) is 0 Å². The Balaban J connectivity index is 1.37. The highest BCUT2D eigenvalue weighted by molar-refractivity contribution is 9.10. The van der Waals surface area contributed by atoms with Crippen molar-refractivity contribution in [3.63, 3.8) is 0 Å². The number of halogens is 1. The normalized spacial score (nSPS) is 18.8. The van der Waals surface area contributed by atoms with E-state index >= 15 is 0 Å². The van der Waals surface area contributed by atoms with Crippen molar-refractivity contribution in [3.8, 4) is 0 Å². The molecule has 4 rings (SSSR count). The molecule has 2 aromatic carbocycles. The fourth-order valence-electron chi connectivity index (χ4n) is 4.06. The average molecular weight is 467 g/mol. The first kappa shape index (κ1) is 20.7. The van der Waals surface area contributed by atoms with Gasteiger partial charge >= 0.3 is 0 Å². The van der Waals surface area contributed by atoms with Gasteiger partial charge in [0.25, 0.3) is 5.91 Å². The lowest BCUT2D eigenvalue weighted by Gasteiger charge is -2.30. The van der Waals surface area contributed by atoms with E-state index in [4.69, 9.17) is 4.98 Å². The number of hydrogen-bond acceptors (Lipinski definition) is 4. The number of carbonyl (C=O) groups excluding carboxylic acids is 1. The second kappa shape index (κ2) is 9.04. The molecule has 1 aliphatic carbocycles. The Kier molecular flexibility index (Phi) is 6.23. The minimum Gasteiger partial charge on any atom is -0.377 e. The molecule has 0 atom stereocenters. The minimum absolute atomic E-state index is 0.00531. The number of aromatic nitrogens is 1. The van der Waals surface area contributed by atoms with Crippen molar-refractivity contribution in [3.05, 3.63) is 64.6 Å². The van der Waals surface area contributed by atoms with Gasteiger partial charge in [-0.3, -0.25) is 4.79 Å². The van der Waals surface area contributed by atoms with Crippen LogP contribution >= 0.6 is 15.9 Å². The molecule has 1 saturated carbocycles. The Labute approximate surface area is 186 Å². The number of benzene rings is 2. The van der Waals surface area contributed by atoms with Gasteiger partial charge in [0.1, 0.15) is 5.82 Å². The summed E-state index contributed by atoms with van der Waals surface area (Å²) in [5, 5.41) is 7.97. The van der Waals surface area contributed by atoms with E-state index < -0.39 is 0 Å². The SMILES string of the molecule is CN(C)c1cc(N[C@H]2CC[C@@H](NC(=O)c3ccc(Br)cc3)CC2)nc2ccccc12. The van der Waals surface area contributed by atoms with Crippen molar-refractivity contribution in [2.45, 2.75) is 37.8 Å². The van der Waals surface area contributed by atoms with Crippen molar-refractivity contribution in [2.24, 2.45) is 0 Å². The maximum absolute atomic E-state index is 12.5. The topological polar surface area (TPSA) is 57.3 Å². The van der Waals surface area contributed by atoms with E-state index in [1.54, 1.807) is 0 Å². The van der Waals surface area contributed by atoms with Gasteiger partial charge in [0.2, 0.25) is 0 Å². The second-order valence-corrected chi connectivity index (χ2v) is 9.03. The summed E-state index contributed by atoms with van der Waals surface area (Å²) in [5.41, 5.74) is 2.87. The molecule has 3 aromatic rings. The van der Waals surface area contributed by atoms with Crippen LogP contribution in [-0.2, 0) is 0 Å². The molecular weight excluding hydrogens is 440 g/mol. The quantitative estimate of drug-likeness (QED) is 0.541. The van der Waals surface area contributed by atoms with Crippen LogP contribution in [0.25, 0.3) is 10.9 Å². The molecule has 30 heavy (non-hydrogen) atoms. The molecule has 0 aliphatic heterocycles. The molecule has 1 heterocycles. The highest BCUT2D eigenvalue weighted by Crippen LogP contribution is 2.29. The fraction of sp³-hybridized carbons (Fsp3) is 0.333. The van der Waals surface area contributed by atoms with E-state index in [2.05, 4.69) is 63.8 Å². The van der Waals surface area contributed by atoms with E-state index in [1.807, 2.05) is 36.4 Å². The van der Waals surface area contributed by atoms with Crippen LogP contribution in [0, 0.1) is 0 Å². The molecule has 156 valence electrons. The first-order valence-electron chi connectivity index (χ1n) is 10.4. The Bertz CT molecular complexity index is 1030. The van der Waals surface area contributed by atoms with E-state index in [1.165, 1.54) is 5.69 Å². The number of amides is 1. The van der Waals surface area contributed by atoms with Gasteiger partial charge in [-0.2, -0.15) is 0 Å². The van der Waals surface area contributed by atoms with E-state index in [0.29, 0.717) is 11.6 Å². The zero-order chi connectivity index (χ0) is 21.1. The van der Waals surface area contributed by atoms with Crippen LogP contribution in [-0.4, -0.2) is 37.1 Å². The van der Waals surface area contributed by atoms with Gasteiger partial charge in [-0.05, 0) is 56.0 Å². The summed E-state index contributed by atoms with van der Waals surface area (Å²) in [6, 6.07) is 18.5. The molecule has 1 fully saturated rings. The highest BCUT2D eigenvalue weighted by Gasteiger charge is 2.23. The van der Waals surface area contributed by atoms with Gasteiger partial charge in [-0.25, -0.2) is 4.98 Å². The van der Waals surface area contributed by atoms with Crippen molar-refractivity contribution >= 4 is 44.2 Å². The van der Waals surface area contributed by atoms with E-state index in [9.17, 15) is 4.79 Å². The molecule has 0 unspecified atom stereocenters. The summed E-state index contributed by atoms with van der Waals surface area (Å²) in [7, 11) is 4.12. The van der Waals surface area contributed by atoms with Crippen molar-refractivity contribution in [1.82, 2.24) is 10.3 Å². The number of hydrogen-bond donors (Lipinski definition) is 2. The van der Waals surface area contributed by atoms with Crippen LogP contribution in [0.1, 0.15) is 36.0 Å². The number of carbonyl (C=O) groups is 1. The Morgan fingerprint density at radius 1 is 1.00 bits per heavy atom. The second-order valence-electron chi connectivity index (χ2n) is 8.11. The first-order valence-corrected chi connectivity index (χ1v) is 11.2. The number of fused-ring (bicyclic) bond motifs is 1. The predicted octanol–water partition coefficient (Wildman–Crippen LogP) is 5.22. The molecule has 0 radical (unpaired) electrons. The van der Waals surface area contributed by atoms with Crippen molar-refractivity contribution < 1.29 is 4.79 Å². The molecule has 1 aliphatic rings. The van der Waals surface area contributed by atoms with Gasteiger partial charge in [0, 0.05) is 53.4 Å². The molecule has 6 heteroatoms. The maximum atomic E-state index is 12.5. The Morgan fingerprint density at radius 3 is 2.37 bits per heavy atom. The number of rotatable bonds is 5. The Hall–Kier alpha value is -2.60. The molecule has 0 spiro atoms. The number of anilines is 2. The third kappa shape index (κ3) is 4.75. The average Bonchev–Trinajstić information content (AvgIpc) is 2.75. The smallest absolute Gasteiger partial charge is 0.251 e. The summed E-state index contributed by atoms with van der Waals surface area (Å²) in [5.74, 6) is 0.922. The van der Waals surface area contributed by atoms with Gasteiger partial charge in [0.15, 0.2) is 0 Å². The Morgan fingerprint density at radius 2 is 1.67 bits per heavy atom. The van der Waals surface area contributed by atoms with Crippen LogP contribution in [0.5, 0.6) is 0 Å². The minimum atomic E-state index is 0.00531. The number of nitrogens with zero attached hydrogens (tertiary/aromatic N) is 2. The van der Waals surface area contributed by atoms with Crippen LogP contribution < -0.4 is 15.5 Å². The summed E-state index contributed by atoms with van der Waals surface area (Å²) >= 11 is 3.41. The number of pyridine rings is 1. The van der Waals surface area contributed by atoms with Crippen molar-refractivity contribution in [1.29, 1.82) is 0 Å². The van der Waals surface area contributed by atoms with Gasteiger partial charge in [-0.1, -0.05) is 34.1 Å². The predicted molar refractivity (Wildman–Crippen MR) is 127 cm³/mol. The van der Waals surface area contributed by atoms with Crippen molar-refractivity contribution in [2.75, 3.05) is 24.3 Å². The summed E-state index contributed by atoms with van der Waals surface area (Å²) in [6.45, 7) is 0. The zero-order valence-corrected chi connectivity index (χ0v) is 18.9. The first-order chi connectivity index (χ1) is 14.5. The highest BCUT2D eigenvalue weighted by atomic mass is 79.9. The van der Waals surface area contributed by atoms with E-state index in [-0.39, 0.29) is 11.9 Å². The molecule has 0 bridgehead atoms. The monoisotopic (exact) mass is 466 g/mol. The third-order valence-corrected chi connectivity index (χ3v) is 6.23.